The zero-order valence-electron chi connectivity index (χ0n) is 11.5. The minimum absolute atomic E-state index is 0.500. The van der Waals surface area contributed by atoms with Crippen molar-refractivity contribution >= 4 is 11.8 Å². The second kappa shape index (κ2) is 6.70. The van der Waals surface area contributed by atoms with Crippen molar-refractivity contribution in [2.24, 2.45) is 0 Å². The van der Waals surface area contributed by atoms with Gasteiger partial charge < -0.3 is 19.9 Å². The molecule has 1 aromatic carbocycles. The molecule has 1 aromatic rings. The summed E-state index contributed by atoms with van der Waals surface area (Å²) in [5, 5.41) is 13.8. The highest BCUT2D eigenvalue weighted by Crippen LogP contribution is 2.32. The van der Waals surface area contributed by atoms with Crippen LogP contribution >= 0.6 is 11.8 Å². The van der Waals surface area contributed by atoms with Gasteiger partial charge in [0.25, 0.3) is 0 Å². The second-order valence-electron chi connectivity index (χ2n) is 5.21. The van der Waals surface area contributed by atoms with E-state index in [1.165, 1.54) is 24.3 Å². The lowest BCUT2D eigenvalue weighted by Gasteiger charge is -2.25. The van der Waals surface area contributed by atoms with E-state index in [9.17, 15) is 5.11 Å². The predicted octanol–water partition coefficient (Wildman–Crippen LogP) is 1.98. The van der Waals surface area contributed by atoms with E-state index < -0.39 is 6.10 Å². The van der Waals surface area contributed by atoms with Crippen molar-refractivity contribution in [1.29, 1.82) is 0 Å². The summed E-state index contributed by atoms with van der Waals surface area (Å²) in [7, 11) is 0. The highest BCUT2D eigenvalue weighted by Gasteiger charge is 2.18. The lowest BCUT2D eigenvalue weighted by atomic mass is 10.1. The predicted molar refractivity (Wildman–Crippen MR) is 80.7 cm³/mol. The van der Waals surface area contributed by atoms with E-state index in [-0.39, 0.29) is 0 Å². The van der Waals surface area contributed by atoms with Gasteiger partial charge in [-0.25, -0.2) is 0 Å². The van der Waals surface area contributed by atoms with Crippen molar-refractivity contribution in [1.82, 2.24) is 5.32 Å². The molecule has 5 heteroatoms. The summed E-state index contributed by atoms with van der Waals surface area (Å²) >= 11 is 2.01. The van der Waals surface area contributed by atoms with Crippen LogP contribution in [0.1, 0.15) is 24.5 Å². The third-order valence-electron chi connectivity index (χ3n) is 3.77. The normalized spacial score (nSPS) is 20.6. The zero-order valence-corrected chi connectivity index (χ0v) is 12.3. The van der Waals surface area contributed by atoms with Crippen LogP contribution in [0.5, 0.6) is 11.5 Å². The molecule has 0 spiro atoms. The molecular weight excluding hydrogens is 274 g/mol. The zero-order chi connectivity index (χ0) is 13.8. The standard InChI is InChI=1S/C15H21NO3S/c17-13(10-16-12-3-7-20-8-4-12)11-1-2-14-15(9-11)19-6-5-18-14/h1-2,9,12-13,16-17H,3-8,10H2. The van der Waals surface area contributed by atoms with E-state index in [1.54, 1.807) is 0 Å². The maximum Gasteiger partial charge on any atom is 0.161 e. The van der Waals surface area contributed by atoms with Crippen molar-refractivity contribution in [3.05, 3.63) is 23.8 Å². The molecule has 0 saturated carbocycles. The topological polar surface area (TPSA) is 50.7 Å². The van der Waals surface area contributed by atoms with E-state index in [4.69, 9.17) is 9.47 Å². The molecule has 1 saturated heterocycles. The van der Waals surface area contributed by atoms with Gasteiger partial charge in [0.05, 0.1) is 6.10 Å². The lowest BCUT2D eigenvalue weighted by Crippen LogP contribution is -2.35. The second-order valence-corrected chi connectivity index (χ2v) is 6.44. The summed E-state index contributed by atoms with van der Waals surface area (Å²) < 4.78 is 11.0. The molecule has 4 nitrogen and oxygen atoms in total. The van der Waals surface area contributed by atoms with E-state index in [2.05, 4.69) is 5.32 Å². The number of aliphatic hydroxyl groups excluding tert-OH is 1. The smallest absolute Gasteiger partial charge is 0.161 e. The summed E-state index contributed by atoms with van der Waals surface area (Å²) in [4.78, 5) is 0. The fraction of sp³-hybridized carbons (Fsp3) is 0.600. The average molecular weight is 295 g/mol. The maximum atomic E-state index is 10.3. The first-order chi connectivity index (χ1) is 9.83. The molecule has 110 valence electrons. The van der Waals surface area contributed by atoms with Gasteiger partial charge in [-0.2, -0.15) is 11.8 Å². The molecule has 3 rings (SSSR count). The molecule has 1 fully saturated rings. The summed E-state index contributed by atoms with van der Waals surface area (Å²) in [5.41, 5.74) is 0.881. The summed E-state index contributed by atoms with van der Waals surface area (Å²) in [5.74, 6) is 3.95. The van der Waals surface area contributed by atoms with Crippen LogP contribution < -0.4 is 14.8 Å². The van der Waals surface area contributed by atoms with Crippen LogP contribution in [0.25, 0.3) is 0 Å². The van der Waals surface area contributed by atoms with E-state index in [0.29, 0.717) is 25.8 Å². The van der Waals surface area contributed by atoms with Gasteiger partial charge in [0.2, 0.25) is 0 Å². The highest BCUT2D eigenvalue weighted by atomic mass is 32.2. The first-order valence-corrected chi connectivity index (χ1v) is 8.37. The molecule has 2 aliphatic rings. The highest BCUT2D eigenvalue weighted by molar-refractivity contribution is 7.99. The van der Waals surface area contributed by atoms with Crippen molar-refractivity contribution in [3.8, 4) is 11.5 Å². The van der Waals surface area contributed by atoms with Crippen molar-refractivity contribution < 1.29 is 14.6 Å². The number of fused-ring (bicyclic) bond motifs is 1. The summed E-state index contributed by atoms with van der Waals surface area (Å²) in [6, 6.07) is 6.22. The summed E-state index contributed by atoms with van der Waals surface area (Å²) in [6.45, 7) is 1.76. The fourth-order valence-corrected chi connectivity index (χ4v) is 3.67. The quantitative estimate of drug-likeness (QED) is 0.889. The van der Waals surface area contributed by atoms with Crippen molar-refractivity contribution in [2.45, 2.75) is 25.0 Å². The Labute approximate surface area is 123 Å². The van der Waals surface area contributed by atoms with Gasteiger partial charge in [0.1, 0.15) is 13.2 Å². The number of ether oxygens (including phenoxy) is 2. The number of nitrogens with one attached hydrogen (secondary N) is 1. The molecule has 20 heavy (non-hydrogen) atoms. The third-order valence-corrected chi connectivity index (χ3v) is 4.82. The first kappa shape index (κ1) is 14.0. The number of benzene rings is 1. The molecule has 2 N–H and O–H groups in total. The molecule has 1 atom stereocenters. The minimum atomic E-state index is -0.500. The Bertz CT molecular complexity index is 449. The van der Waals surface area contributed by atoms with Crippen LogP contribution in [0.2, 0.25) is 0 Å². The van der Waals surface area contributed by atoms with Crippen molar-refractivity contribution in [2.75, 3.05) is 31.3 Å². The Hall–Kier alpha value is -0.910. The van der Waals surface area contributed by atoms with Gasteiger partial charge >= 0.3 is 0 Å². The number of hydrogen-bond acceptors (Lipinski definition) is 5. The largest absolute Gasteiger partial charge is 0.486 e. The van der Waals surface area contributed by atoms with Crippen molar-refractivity contribution in [3.63, 3.8) is 0 Å². The molecule has 1 unspecified atom stereocenters. The van der Waals surface area contributed by atoms with E-state index >= 15 is 0 Å². The van der Waals surface area contributed by atoms with Gasteiger partial charge in [0.15, 0.2) is 11.5 Å². The van der Waals surface area contributed by atoms with Crippen LogP contribution in [-0.4, -0.2) is 42.4 Å². The number of aliphatic hydroxyl groups is 1. The van der Waals surface area contributed by atoms with Crippen LogP contribution in [0.3, 0.4) is 0 Å². The molecule has 0 bridgehead atoms. The van der Waals surface area contributed by atoms with E-state index in [1.807, 2.05) is 30.0 Å². The SMILES string of the molecule is OC(CNC1CCSCC1)c1ccc2c(c1)OCCO2. The molecule has 0 radical (unpaired) electrons. The number of thioether (sulfide) groups is 1. The maximum absolute atomic E-state index is 10.3. The molecule has 2 aliphatic heterocycles. The molecular formula is C15H21NO3S. The van der Waals surface area contributed by atoms with Gasteiger partial charge in [-0.3, -0.25) is 0 Å². The Kier molecular flexibility index (Phi) is 4.70. The minimum Gasteiger partial charge on any atom is -0.486 e. The third kappa shape index (κ3) is 3.40. The Morgan fingerprint density at radius 3 is 2.75 bits per heavy atom. The Balaban J connectivity index is 1.57. The monoisotopic (exact) mass is 295 g/mol. The summed E-state index contributed by atoms with van der Waals surface area (Å²) in [6.07, 6.45) is 1.89. The average Bonchev–Trinajstić information content (AvgIpc) is 2.53. The van der Waals surface area contributed by atoms with Crippen LogP contribution in [0.4, 0.5) is 0 Å². The Morgan fingerprint density at radius 2 is 1.95 bits per heavy atom. The fourth-order valence-electron chi connectivity index (χ4n) is 2.57. The number of rotatable bonds is 4. The Morgan fingerprint density at radius 1 is 1.20 bits per heavy atom. The van der Waals surface area contributed by atoms with Gasteiger partial charge in [-0.05, 0) is 42.0 Å². The van der Waals surface area contributed by atoms with Crippen LogP contribution in [0, 0.1) is 0 Å². The first-order valence-electron chi connectivity index (χ1n) is 7.21. The molecule has 0 amide bonds. The molecule has 2 heterocycles. The number of hydrogen-bond donors (Lipinski definition) is 2. The van der Waals surface area contributed by atoms with Gasteiger partial charge in [0, 0.05) is 12.6 Å². The van der Waals surface area contributed by atoms with Gasteiger partial charge in [-0.1, -0.05) is 6.07 Å². The van der Waals surface area contributed by atoms with Crippen LogP contribution in [0.15, 0.2) is 18.2 Å². The molecule has 0 aromatic heterocycles. The van der Waals surface area contributed by atoms with Gasteiger partial charge in [-0.15, -0.1) is 0 Å². The van der Waals surface area contributed by atoms with Crippen LogP contribution in [-0.2, 0) is 0 Å². The lowest BCUT2D eigenvalue weighted by molar-refractivity contribution is 0.160. The van der Waals surface area contributed by atoms with E-state index in [0.717, 1.165) is 17.1 Å². The molecule has 0 aliphatic carbocycles.